The van der Waals surface area contributed by atoms with E-state index in [1.807, 2.05) is 0 Å². The molecule has 20 heavy (non-hydrogen) atoms. The second-order valence-electron chi connectivity index (χ2n) is 7.10. The molecule has 0 radical (unpaired) electrons. The van der Waals surface area contributed by atoms with Crippen molar-refractivity contribution in [3.63, 3.8) is 0 Å². The van der Waals surface area contributed by atoms with Gasteiger partial charge in [-0.3, -0.25) is 4.79 Å². The number of carbonyl (C=O) groups excluding carboxylic acids is 1. The molecule has 2 heteroatoms. The molecule has 116 valence electrons. The van der Waals surface area contributed by atoms with Gasteiger partial charge in [-0.15, -0.1) is 0 Å². The van der Waals surface area contributed by atoms with Crippen LogP contribution in [0.2, 0.25) is 0 Å². The summed E-state index contributed by atoms with van der Waals surface area (Å²) < 4.78 is 0. The van der Waals surface area contributed by atoms with Crippen LogP contribution in [0, 0.1) is 5.41 Å². The van der Waals surface area contributed by atoms with Crippen molar-refractivity contribution in [3.05, 3.63) is 11.8 Å². The van der Waals surface area contributed by atoms with Crippen molar-refractivity contribution in [1.29, 1.82) is 0 Å². The average Bonchev–Trinajstić information content (AvgIpc) is 2.37. The van der Waals surface area contributed by atoms with Gasteiger partial charge >= 0.3 is 0 Å². The number of rotatable bonds is 8. The van der Waals surface area contributed by atoms with Crippen LogP contribution in [0.4, 0.5) is 0 Å². The molecule has 0 amide bonds. The molecule has 0 N–H and O–H groups in total. The van der Waals surface area contributed by atoms with Crippen molar-refractivity contribution in [2.45, 2.75) is 85.6 Å². The van der Waals surface area contributed by atoms with Gasteiger partial charge in [0.1, 0.15) is 0 Å². The van der Waals surface area contributed by atoms with Gasteiger partial charge < -0.3 is 4.90 Å². The van der Waals surface area contributed by atoms with Gasteiger partial charge in [-0.2, -0.15) is 0 Å². The van der Waals surface area contributed by atoms with Gasteiger partial charge in [-0.1, -0.05) is 46.5 Å². The van der Waals surface area contributed by atoms with E-state index in [1.165, 1.54) is 25.7 Å². The Labute approximate surface area is 125 Å². The fourth-order valence-corrected chi connectivity index (χ4v) is 2.83. The summed E-state index contributed by atoms with van der Waals surface area (Å²) in [7, 11) is 0. The number of Topliss-reactive ketones (excluding diaryl/α,β-unsaturated/α-hetero) is 1. The van der Waals surface area contributed by atoms with E-state index in [-0.39, 0.29) is 5.41 Å². The summed E-state index contributed by atoms with van der Waals surface area (Å²) in [6, 6.07) is 0.485. The van der Waals surface area contributed by atoms with Gasteiger partial charge in [0.15, 0.2) is 5.78 Å². The zero-order valence-corrected chi connectivity index (χ0v) is 14.2. The predicted octanol–water partition coefficient (Wildman–Crippen LogP) is 4.94. The highest BCUT2D eigenvalue weighted by atomic mass is 16.1. The van der Waals surface area contributed by atoms with Crippen molar-refractivity contribution in [1.82, 2.24) is 4.90 Å². The van der Waals surface area contributed by atoms with Crippen molar-refractivity contribution in [2.75, 3.05) is 6.54 Å². The highest BCUT2D eigenvalue weighted by Gasteiger charge is 2.32. The maximum Gasteiger partial charge on any atom is 0.160 e. The van der Waals surface area contributed by atoms with Crippen molar-refractivity contribution in [3.8, 4) is 0 Å². The van der Waals surface area contributed by atoms with Gasteiger partial charge in [0.2, 0.25) is 0 Å². The summed E-state index contributed by atoms with van der Waals surface area (Å²) >= 11 is 0. The lowest BCUT2D eigenvalue weighted by Gasteiger charge is -2.39. The van der Waals surface area contributed by atoms with Gasteiger partial charge in [0, 0.05) is 30.8 Å². The van der Waals surface area contributed by atoms with Crippen LogP contribution >= 0.6 is 0 Å². The first kappa shape index (κ1) is 17.3. The lowest BCUT2D eigenvalue weighted by molar-refractivity contribution is -0.117. The molecule has 1 aliphatic rings. The van der Waals surface area contributed by atoms with Crippen LogP contribution < -0.4 is 0 Å². The first-order valence-corrected chi connectivity index (χ1v) is 8.39. The Morgan fingerprint density at radius 1 is 1.25 bits per heavy atom. The topological polar surface area (TPSA) is 20.3 Å². The molecule has 0 saturated heterocycles. The molecule has 0 aromatic rings. The Balaban J connectivity index is 2.58. The lowest BCUT2D eigenvalue weighted by atomic mass is 9.76. The minimum Gasteiger partial charge on any atom is -0.375 e. The van der Waals surface area contributed by atoms with Crippen LogP contribution in [-0.2, 0) is 4.79 Å². The van der Waals surface area contributed by atoms with Crippen LogP contribution in [0.15, 0.2) is 11.8 Å². The van der Waals surface area contributed by atoms with E-state index in [4.69, 9.17) is 0 Å². The predicted molar refractivity (Wildman–Crippen MR) is 86.7 cm³/mol. The smallest absolute Gasteiger partial charge is 0.160 e. The molecule has 0 spiro atoms. The molecule has 0 fully saturated rings. The molecule has 0 bridgehead atoms. The molecule has 0 atom stereocenters. The largest absolute Gasteiger partial charge is 0.375 e. The number of hydrogen-bond acceptors (Lipinski definition) is 2. The molecule has 0 aromatic heterocycles. The van der Waals surface area contributed by atoms with Gasteiger partial charge in [-0.25, -0.2) is 0 Å². The summed E-state index contributed by atoms with van der Waals surface area (Å²) in [6.45, 7) is 12.1. The van der Waals surface area contributed by atoms with Crippen LogP contribution in [0.1, 0.15) is 79.6 Å². The normalized spacial score (nSPS) is 18.3. The summed E-state index contributed by atoms with van der Waals surface area (Å²) in [5.41, 5.74) is 1.10. The summed E-state index contributed by atoms with van der Waals surface area (Å²) in [4.78, 5) is 14.8. The van der Waals surface area contributed by atoms with E-state index in [9.17, 15) is 4.79 Å². The molecule has 0 aromatic carbocycles. The van der Waals surface area contributed by atoms with Crippen LogP contribution in [0.25, 0.3) is 0 Å². The highest BCUT2D eigenvalue weighted by Crippen LogP contribution is 2.36. The quantitative estimate of drug-likeness (QED) is 0.586. The zero-order valence-electron chi connectivity index (χ0n) is 14.2. The maximum absolute atomic E-state index is 12.5. The molecule has 0 aliphatic carbocycles. The Morgan fingerprint density at radius 2 is 1.90 bits per heavy atom. The molecular formula is C18H33NO. The molecule has 1 heterocycles. The number of allylic oxidation sites excluding steroid dienone is 1. The van der Waals surface area contributed by atoms with Crippen molar-refractivity contribution < 1.29 is 4.79 Å². The third-order valence-corrected chi connectivity index (χ3v) is 4.49. The van der Waals surface area contributed by atoms with E-state index < -0.39 is 0 Å². The van der Waals surface area contributed by atoms with Gasteiger partial charge in [0.25, 0.3) is 0 Å². The zero-order chi connectivity index (χ0) is 15.2. The van der Waals surface area contributed by atoms with E-state index in [0.29, 0.717) is 11.8 Å². The van der Waals surface area contributed by atoms with Crippen LogP contribution in [0.3, 0.4) is 0 Å². The monoisotopic (exact) mass is 279 g/mol. The minimum absolute atomic E-state index is 0.0475. The van der Waals surface area contributed by atoms with Crippen LogP contribution in [0.5, 0.6) is 0 Å². The molecular weight excluding hydrogens is 246 g/mol. The minimum atomic E-state index is 0.0475. The fraction of sp³-hybridized carbons (Fsp3) is 0.833. The molecule has 0 saturated carbocycles. The average molecular weight is 279 g/mol. The summed E-state index contributed by atoms with van der Waals surface area (Å²) in [5.74, 6) is 0.372. The van der Waals surface area contributed by atoms with Gasteiger partial charge in [-0.05, 0) is 32.1 Å². The maximum atomic E-state index is 12.5. The van der Waals surface area contributed by atoms with Gasteiger partial charge in [0.05, 0.1) is 0 Å². The number of ketones is 1. The standard InChI is InChI=1S/C18H33NO/c1-6-7-8-9-10-11-17(20)16-14-19(15(2)3)13-12-18(16,4)5/h14-15H,6-13H2,1-5H3. The van der Waals surface area contributed by atoms with E-state index in [1.54, 1.807) is 0 Å². The SMILES string of the molecule is CCCCCCCC(=O)C1=CN(C(C)C)CCC1(C)C. The molecule has 0 unspecified atom stereocenters. The molecule has 2 nitrogen and oxygen atoms in total. The third-order valence-electron chi connectivity index (χ3n) is 4.49. The Bertz CT molecular complexity index is 341. The van der Waals surface area contributed by atoms with Crippen molar-refractivity contribution >= 4 is 5.78 Å². The first-order valence-electron chi connectivity index (χ1n) is 8.39. The van der Waals surface area contributed by atoms with E-state index in [2.05, 4.69) is 45.7 Å². The Hall–Kier alpha value is -0.790. The molecule has 1 rings (SSSR count). The Morgan fingerprint density at radius 3 is 2.50 bits per heavy atom. The Kier molecular flexibility index (Phi) is 6.78. The van der Waals surface area contributed by atoms with Crippen molar-refractivity contribution in [2.24, 2.45) is 5.41 Å². The number of nitrogens with zero attached hydrogens (tertiary/aromatic N) is 1. The van der Waals surface area contributed by atoms with E-state index in [0.717, 1.165) is 31.4 Å². The number of unbranched alkanes of at least 4 members (excludes halogenated alkanes) is 4. The number of hydrogen-bond donors (Lipinski definition) is 0. The number of carbonyl (C=O) groups is 1. The van der Waals surface area contributed by atoms with E-state index >= 15 is 0 Å². The molecule has 1 aliphatic heterocycles. The fourth-order valence-electron chi connectivity index (χ4n) is 2.83. The highest BCUT2D eigenvalue weighted by molar-refractivity contribution is 5.96. The van der Waals surface area contributed by atoms with Crippen LogP contribution in [-0.4, -0.2) is 23.3 Å². The second kappa shape index (κ2) is 7.85. The third kappa shape index (κ3) is 4.96. The lowest BCUT2D eigenvalue weighted by Crippen LogP contribution is -2.38. The first-order chi connectivity index (χ1) is 9.38. The summed E-state index contributed by atoms with van der Waals surface area (Å²) in [5, 5.41) is 0. The summed E-state index contributed by atoms with van der Waals surface area (Å²) in [6.07, 6.45) is 10.0. The second-order valence-corrected chi connectivity index (χ2v) is 7.10.